The number of halogens is 1. The highest BCUT2D eigenvalue weighted by molar-refractivity contribution is 7.15. The van der Waals surface area contributed by atoms with Crippen molar-refractivity contribution in [1.82, 2.24) is 20.0 Å². The van der Waals surface area contributed by atoms with Crippen molar-refractivity contribution in [3.05, 3.63) is 75.1 Å². The van der Waals surface area contributed by atoms with Crippen molar-refractivity contribution >= 4 is 44.5 Å². The van der Waals surface area contributed by atoms with Crippen LogP contribution in [0, 0.1) is 0 Å². The van der Waals surface area contributed by atoms with Gasteiger partial charge in [0.25, 0.3) is 5.56 Å². The lowest BCUT2D eigenvalue weighted by molar-refractivity contribution is 0.640. The first-order valence-electron chi connectivity index (χ1n) is 7.49. The second-order valence-electron chi connectivity index (χ2n) is 5.33. The number of anilines is 2. The van der Waals surface area contributed by atoms with Crippen LogP contribution in [0.4, 0.5) is 10.8 Å². The van der Waals surface area contributed by atoms with Gasteiger partial charge in [-0.2, -0.15) is 5.10 Å². The van der Waals surface area contributed by atoms with Gasteiger partial charge in [0.15, 0.2) is 0 Å². The van der Waals surface area contributed by atoms with Crippen LogP contribution in [-0.2, 0) is 6.54 Å². The molecule has 0 amide bonds. The SMILES string of the molecule is O=c1c2ccccc2cnn1Cc1nnc(Nc2ccc(Cl)cc2)s1. The highest BCUT2D eigenvalue weighted by Crippen LogP contribution is 2.22. The third kappa shape index (κ3) is 3.38. The molecule has 0 saturated carbocycles. The van der Waals surface area contributed by atoms with Gasteiger partial charge < -0.3 is 5.32 Å². The van der Waals surface area contributed by atoms with E-state index in [1.807, 2.05) is 30.3 Å². The van der Waals surface area contributed by atoms with Gasteiger partial charge in [-0.3, -0.25) is 4.79 Å². The average molecular weight is 370 g/mol. The maximum atomic E-state index is 12.5. The minimum atomic E-state index is -0.138. The van der Waals surface area contributed by atoms with E-state index in [0.29, 0.717) is 20.5 Å². The fraction of sp³-hybridized carbons (Fsp3) is 0.0588. The summed E-state index contributed by atoms with van der Waals surface area (Å²) in [7, 11) is 0. The topological polar surface area (TPSA) is 72.7 Å². The summed E-state index contributed by atoms with van der Waals surface area (Å²) in [5, 5.41) is 19.1. The molecule has 25 heavy (non-hydrogen) atoms. The predicted molar refractivity (Wildman–Crippen MR) is 99.7 cm³/mol. The first kappa shape index (κ1) is 15.7. The van der Waals surface area contributed by atoms with Gasteiger partial charge in [-0.05, 0) is 30.3 Å². The number of hydrogen-bond acceptors (Lipinski definition) is 6. The van der Waals surface area contributed by atoms with Gasteiger partial charge in [-0.15, -0.1) is 10.2 Å². The van der Waals surface area contributed by atoms with Crippen LogP contribution in [0.2, 0.25) is 5.02 Å². The molecular weight excluding hydrogens is 358 g/mol. The van der Waals surface area contributed by atoms with Gasteiger partial charge in [0.1, 0.15) is 5.01 Å². The Morgan fingerprint density at radius 3 is 2.72 bits per heavy atom. The summed E-state index contributed by atoms with van der Waals surface area (Å²) in [6.07, 6.45) is 1.69. The first-order valence-corrected chi connectivity index (χ1v) is 8.68. The Balaban J connectivity index is 1.56. The first-order chi connectivity index (χ1) is 12.2. The van der Waals surface area contributed by atoms with Crippen LogP contribution in [0.3, 0.4) is 0 Å². The van der Waals surface area contributed by atoms with Crippen molar-refractivity contribution in [1.29, 1.82) is 0 Å². The minimum absolute atomic E-state index is 0.138. The van der Waals surface area contributed by atoms with Gasteiger partial charge in [0, 0.05) is 16.1 Å². The minimum Gasteiger partial charge on any atom is -0.330 e. The molecule has 6 nitrogen and oxygen atoms in total. The van der Waals surface area contributed by atoms with Crippen LogP contribution < -0.4 is 10.9 Å². The zero-order chi connectivity index (χ0) is 17.2. The summed E-state index contributed by atoms with van der Waals surface area (Å²) in [4.78, 5) is 12.5. The smallest absolute Gasteiger partial charge is 0.275 e. The third-order valence-electron chi connectivity index (χ3n) is 3.61. The summed E-state index contributed by atoms with van der Waals surface area (Å²) in [6.45, 7) is 0.281. The number of benzene rings is 2. The van der Waals surface area contributed by atoms with Crippen molar-refractivity contribution in [2.24, 2.45) is 0 Å². The second kappa shape index (κ2) is 6.62. The molecule has 0 fully saturated rings. The molecule has 0 aliphatic heterocycles. The summed E-state index contributed by atoms with van der Waals surface area (Å²) < 4.78 is 1.40. The van der Waals surface area contributed by atoms with Gasteiger partial charge >= 0.3 is 0 Å². The van der Waals surface area contributed by atoms with Gasteiger partial charge in [0.2, 0.25) is 5.13 Å². The molecule has 0 bridgehead atoms. The summed E-state index contributed by atoms with van der Waals surface area (Å²) in [5.74, 6) is 0. The van der Waals surface area contributed by atoms with Crippen LogP contribution in [0.15, 0.2) is 59.5 Å². The molecule has 2 aromatic heterocycles. The van der Waals surface area contributed by atoms with Crippen molar-refractivity contribution in [3.63, 3.8) is 0 Å². The Hall–Kier alpha value is -2.77. The Morgan fingerprint density at radius 2 is 1.88 bits per heavy atom. The van der Waals surface area contributed by atoms with Crippen LogP contribution >= 0.6 is 22.9 Å². The van der Waals surface area contributed by atoms with Crippen LogP contribution in [0.5, 0.6) is 0 Å². The van der Waals surface area contributed by atoms with Crippen molar-refractivity contribution in [2.75, 3.05) is 5.32 Å². The molecule has 2 heterocycles. The van der Waals surface area contributed by atoms with E-state index in [2.05, 4.69) is 20.6 Å². The quantitative estimate of drug-likeness (QED) is 0.594. The molecule has 0 atom stereocenters. The fourth-order valence-electron chi connectivity index (χ4n) is 2.39. The lowest BCUT2D eigenvalue weighted by Crippen LogP contribution is -2.23. The number of aromatic nitrogens is 4. The number of nitrogens with zero attached hydrogens (tertiary/aromatic N) is 4. The van der Waals surface area contributed by atoms with E-state index in [9.17, 15) is 4.79 Å². The zero-order valence-corrected chi connectivity index (χ0v) is 14.5. The molecule has 0 spiro atoms. The van der Waals surface area contributed by atoms with Crippen LogP contribution in [0.1, 0.15) is 5.01 Å². The van der Waals surface area contributed by atoms with E-state index in [1.54, 1.807) is 24.4 Å². The highest BCUT2D eigenvalue weighted by atomic mass is 35.5. The molecular formula is C17H12ClN5OS. The van der Waals surface area contributed by atoms with Crippen LogP contribution in [0.25, 0.3) is 10.8 Å². The zero-order valence-electron chi connectivity index (χ0n) is 12.9. The Labute approximate surface area is 151 Å². The second-order valence-corrected chi connectivity index (χ2v) is 6.83. The molecule has 0 radical (unpaired) electrons. The number of nitrogens with one attached hydrogen (secondary N) is 1. The Bertz CT molecular complexity index is 1090. The van der Waals surface area contributed by atoms with Crippen molar-refractivity contribution in [3.8, 4) is 0 Å². The number of rotatable bonds is 4. The highest BCUT2D eigenvalue weighted by Gasteiger charge is 2.09. The van der Waals surface area contributed by atoms with Gasteiger partial charge in [-0.1, -0.05) is 41.1 Å². The van der Waals surface area contributed by atoms with Gasteiger partial charge in [0.05, 0.1) is 18.1 Å². The van der Waals surface area contributed by atoms with E-state index in [1.165, 1.54) is 16.0 Å². The summed E-state index contributed by atoms with van der Waals surface area (Å²) in [5.41, 5.74) is 0.730. The molecule has 4 aromatic rings. The number of hydrogen-bond donors (Lipinski definition) is 1. The molecule has 0 unspecified atom stereocenters. The molecule has 2 aromatic carbocycles. The average Bonchev–Trinajstić information content (AvgIpc) is 3.07. The van der Waals surface area contributed by atoms with E-state index < -0.39 is 0 Å². The molecule has 0 saturated heterocycles. The largest absolute Gasteiger partial charge is 0.330 e. The maximum Gasteiger partial charge on any atom is 0.275 e. The normalized spacial score (nSPS) is 10.9. The van der Waals surface area contributed by atoms with Gasteiger partial charge in [-0.25, -0.2) is 4.68 Å². The van der Waals surface area contributed by atoms with E-state index in [0.717, 1.165) is 11.1 Å². The molecule has 8 heteroatoms. The van der Waals surface area contributed by atoms with E-state index in [4.69, 9.17) is 11.6 Å². The third-order valence-corrected chi connectivity index (χ3v) is 4.68. The van der Waals surface area contributed by atoms with Crippen molar-refractivity contribution in [2.45, 2.75) is 6.54 Å². The van der Waals surface area contributed by atoms with Crippen molar-refractivity contribution < 1.29 is 0 Å². The Kier molecular flexibility index (Phi) is 4.17. The Morgan fingerprint density at radius 1 is 1.08 bits per heavy atom. The summed E-state index contributed by atoms with van der Waals surface area (Å²) >= 11 is 7.25. The standard InChI is InChI=1S/C17H12ClN5OS/c18-12-5-7-13(8-6-12)20-17-22-21-15(25-17)10-23-16(24)14-4-2-1-3-11(14)9-19-23/h1-9H,10H2,(H,20,22). The fourth-order valence-corrected chi connectivity index (χ4v) is 3.26. The van der Waals surface area contributed by atoms with Crippen LogP contribution in [-0.4, -0.2) is 20.0 Å². The molecule has 124 valence electrons. The maximum absolute atomic E-state index is 12.5. The lowest BCUT2D eigenvalue weighted by atomic mass is 10.2. The summed E-state index contributed by atoms with van der Waals surface area (Å²) in [6, 6.07) is 14.7. The molecule has 4 rings (SSSR count). The van der Waals surface area contributed by atoms with E-state index in [-0.39, 0.29) is 12.1 Å². The molecule has 0 aliphatic carbocycles. The lowest BCUT2D eigenvalue weighted by Gasteiger charge is -2.03. The molecule has 1 N–H and O–H groups in total. The van der Waals surface area contributed by atoms with E-state index >= 15 is 0 Å². The number of fused-ring (bicyclic) bond motifs is 1. The predicted octanol–water partition coefficient (Wildman–Crippen LogP) is 3.69. The molecule has 0 aliphatic rings. The monoisotopic (exact) mass is 369 g/mol.